The number of fused-ring (bicyclic) bond motifs is 1. The molecule has 0 radical (unpaired) electrons. The zero-order valence-electron chi connectivity index (χ0n) is 14.5. The average Bonchev–Trinajstić information content (AvgIpc) is 2.61. The summed E-state index contributed by atoms with van der Waals surface area (Å²) < 4.78 is 5.12. The van der Waals surface area contributed by atoms with E-state index < -0.39 is 0 Å². The Hall–Kier alpha value is -2.82. The Bertz CT molecular complexity index is 784. The third-order valence-corrected chi connectivity index (χ3v) is 4.47. The standard InChI is InChI=1S/C20H22N2O3/c1-14(23)22-10-9-16-5-6-18(12-17(16)13-22)21-20(24)11-15-3-7-19(25-2)8-4-15/h3-8,12H,9-11,13H2,1-2H3,(H,21,24). The van der Waals surface area contributed by atoms with Gasteiger partial charge in [-0.25, -0.2) is 0 Å². The van der Waals surface area contributed by atoms with Gasteiger partial charge in [0.25, 0.3) is 0 Å². The van der Waals surface area contributed by atoms with Crippen LogP contribution < -0.4 is 10.1 Å². The van der Waals surface area contributed by atoms with Gasteiger partial charge in [0.15, 0.2) is 0 Å². The van der Waals surface area contributed by atoms with Crippen LogP contribution in [-0.2, 0) is 29.0 Å². The Labute approximate surface area is 147 Å². The Morgan fingerprint density at radius 3 is 2.56 bits per heavy atom. The van der Waals surface area contributed by atoms with Crippen LogP contribution in [0.3, 0.4) is 0 Å². The number of hydrogen-bond donors (Lipinski definition) is 1. The maximum Gasteiger partial charge on any atom is 0.228 e. The van der Waals surface area contributed by atoms with E-state index in [9.17, 15) is 9.59 Å². The SMILES string of the molecule is COc1ccc(CC(=O)Nc2ccc3c(c2)CN(C(C)=O)CC3)cc1. The van der Waals surface area contributed by atoms with Crippen molar-refractivity contribution < 1.29 is 14.3 Å². The molecule has 1 heterocycles. The topological polar surface area (TPSA) is 58.6 Å². The van der Waals surface area contributed by atoms with Crippen molar-refractivity contribution in [1.29, 1.82) is 0 Å². The minimum atomic E-state index is -0.0654. The summed E-state index contributed by atoms with van der Waals surface area (Å²) in [5.41, 5.74) is 4.04. The lowest BCUT2D eigenvalue weighted by Gasteiger charge is -2.28. The monoisotopic (exact) mass is 338 g/mol. The van der Waals surface area contributed by atoms with Gasteiger partial charge in [0.2, 0.25) is 11.8 Å². The highest BCUT2D eigenvalue weighted by Crippen LogP contribution is 2.23. The largest absolute Gasteiger partial charge is 0.497 e. The number of nitrogens with zero attached hydrogens (tertiary/aromatic N) is 1. The Morgan fingerprint density at radius 2 is 1.88 bits per heavy atom. The second kappa shape index (κ2) is 7.38. The number of benzene rings is 2. The zero-order chi connectivity index (χ0) is 17.8. The number of carbonyl (C=O) groups excluding carboxylic acids is 2. The van der Waals surface area contributed by atoms with E-state index in [1.165, 1.54) is 5.56 Å². The average molecular weight is 338 g/mol. The molecule has 1 aliphatic rings. The van der Waals surface area contributed by atoms with Crippen LogP contribution in [0.15, 0.2) is 42.5 Å². The minimum absolute atomic E-state index is 0.0654. The molecule has 3 rings (SSSR count). The molecular formula is C20H22N2O3. The number of methoxy groups -OCH3 is 1. The number of carbonyl (C=O) groups is 2. The number of amides is 2. The van der Waals surface area contributed by atoms with Crippen molar-refractivity contribution in [3.8, 4) is 5.75 Å². The molecule has 5 nitrogen and oxygen atoms in total. The molecule has 130 valence electrons. The maximum atomic E-state index is 12.3. The molecule has 2 aromatic carbocycles. The van der Waals surface area contributed by atoms with E-state index in [4.69, 9.17) is 4.74 Å². The number of ether oxygens (including phenoxy) is 1. The van der Waals surface area contributed by atoms with Crippen LogP contribution in [0.25, 0.3) is 0 Å². The Morgan fingerprint density at radius 1 is 1.12 bits per heavy atom. The van der Waals surface area contributed by atoms with E-state index in [1.54, 1.807) is 14.0 Å². The molecule has 2 aromatic rings. The molecule has 0 saturated heterocycles. The van der Waals surface area contributed by atoms with Crippen LogP contribution in [0.4, 0.5) is 5.69 Å². The van der Waals surface area contributed by atoms with Crippen LogP contribution in [0.2, 0.25) is 0 Å². The van der Waals surface area contributed by atoms with Gasteiger partial charge in [-0.15, -0.1) is 0 Å². The number of rotatable bonds is 4. The van der Waals surface area contributed by atoms with Crippen molar-refractivity contribution in [3.05, 3.63) is 59.2 Å². The van der Waals surface area contributed by atoms with Crippen molar-refractivity contribution >= 4 is 17.5 Å². The lowest BCUT2D eigenvalue weighted by Crippen LogP contribution is -2.34. The second-order valence-electron chi connectivity index (χ2n) is 6.25. The first-order chi connectivity index (χ1) is 12.0. The van der Waals surface area contributed by atoms with Gasteiger partial charge in [0, 0.05) is 25.7 Å². The van der Waals surface area contributed by atoms with Gasteiger partial charge in [-0.2, -0.15) is 0 Å². The van der Waals surface area contributed by atoms with Crippen molar-refractivity contribution in [3.63, 3.8) is 0 Å². The van der Waals surface area contributed by atoms with Gasteiger partial charge >= 0.3 is 0 Å². The van der Waals surface area contributed by atoms with Gasteiger partial charge in [0.1, 0.15) is 5.75 Å². The predicted octanol–water partition coefficient (Wildman–Crippen LogP) is 2.78. The van der Waals surface area contributed by atoms with Crippen LogP contribution >= 0.6 is 0 Å². The summed E-state index contributed by atoms with van der Waals surface area (Å²) in [5.74, 6) is 0.790. The minimum Gasteiger partial charge on any atom is -0.497 e. The molecule has 0 saturated carbocycles. The smallest absolute Gasteiger partial charge is 0.228 e. The number of hydrogen-bond acceptors (Lipinski definition) is 3. The van der Waals surface area contributed by atoms with E-state index in [1.807, 2.05) is 47.4 Å². The van der Waals surface area contributed by atoms with E-state index >= 15 is 0 Å². The normalized spacial score (nSPS) is 13.1. The van der Waals surface area contributed by atoms with Crippen molar-refractivity contribution in [2.75, 3.05) is 19.0 Å². The molecule has 0 aromatic heterocycles. The molecule has 5 heteroatoms. The van der Waals surface area contributed by atoms with Crippen molar-refractivity contribution in [2.24, 2.45) is 0 Å². The summed E-state index contributed by atoms with van der Waals surface area (Å²) in [7, 11) is 1.62. The summed E-state index contributed by atoms with van der Waals surface area (Å²) in [4.78, 5) is 25.7. The summed E-state index contributed by atoms with van der Waals surface area (Å²) in [6.07, 6.45) is 1.16. The summed E-state index contributed by atoms with van der Waals surface area (Å²) in [6.45, 7) is 2.95. The fourth-order valence-electron chi connectivity index (χ4n) is 3.04. The van der Waals surface area contributed by atoms with Gasteiger partial charge in [0.05, 0.1) is 13.5 Å². The highest BCUT2D eigenvalue weighted by Gasteiger charge is 2.18. The molecule has 2 amide bonds. The first kappa shape index (κ1) is 17.0. The fourth-order valence-corrected chi connectivity index (χ4v) is 3.04. The Balaban J connectivity index is 1.65. The summed E-state index contributed by atoms with van der Waals surface area (Å²) >= 11 is 0. The lowest BCUT2D eigenvalue weighted by atomic mass is 9.99. The van der Waals surface area contributed by atoms with Crippen LogP contribution in [0, 0.1) is 0 Å². The molecule has 0 fully saturated rings. The van der Waals surface area contributed by atoms with E-state index in [0.29, 0.717) is 13.0 Å². The van der Waals surface area contributed by atoms with Gasteiger partial charge < -0.3 is 15.0 Å². The molecule has 25 heavy (non-hydrogen) atoms. The first-order valence-electron chi connectivity index (χ1n) is 8.35. The van der Waals surface area contributed by atoms with Crippen LogP contribution in [-0.4, -0.2) is 30.4 Å². The fraction of sp³-hybridized carbons (Fsp3) is 0.300. The van der Waals surface area contributed by atoms with E-state index in [-0.39, 0.29) is 11.8 Å². The molecule has 1 N–H and O–H groups in total. The van der Waals surface area contributed by atoms with Crippen LogP contribution in [0.5, 0.6) is 5.75 Å². The summed E-state index contributed by atoms with van der Waals surface area (Å²) in [5, 5.41) is 2.94. The highest BCUT2D eigenvalue weighted by atomic mass is 16.5. The van der Waals surface area contributed by atoms with Gasteiger partial charge in [-0.3, -0.25) is 9.59 Å². The summed E-state index contributed by atoms with van der Waals surface area (Å²) in [6, 6.07) is 13.4. The van der Waals surface area contributed by atoms with Gasteiger partial charge in [-0.1, -0.05) is 18.2 Å². The van der Waals surface area contributed by atoms with E-state index in [0.717, 1.165) is 35.5 Å². The second-order valence-corrected chi connectivity index (χ2v) is 6.25. The molecule has 0 bridgehead atoms. The molecule has 0 spiro atoms. The van der Waals surface area contributed by atoms with Crippen LogP contribution in [0.1, 0.15) is 23.6 Å². The molecule has 0 unspecified atom stereocenters. The number of anilines is 1. The molecule has 0 aliphatic carbocycles. The Kier molecular flexibility index (Phi) is 5.03. The quantitative estimate of drug-likeness (QED) is 0.932. The maximum absolute atomic E-state index is 12.3. The predicted molar refractivity (Wildman–Crippen MR) is 96.6 cm³/mol. The third-order valence-electron chi connectivity index (χ3n) is 4.47. The van der Waals surface area contributed by atoms with Crippen molar-refractivity contribution in [1.82, 2.24) is 4.90 Å². The van der Waals surface area contributed by atoms with Crippen molar-refractivity contribution in [2.45, 2.75) is 26.3 Å². The lowest BCUT2D eigenvalue weighted by molar-refractivity contribution is -0.129. The molecule has 1 aliphatic heterocycles. The zero-order valence-corrected chi connectivity index (χ0v) is 14.5. The van der Waals surface area contributed by atoms with Gasteiger partial charge in [-0.05, 0) is 47.4 Å². The third kappa shape index (κ3) is 4.18. The van der Waals surface area contributed by atoms with E-state index in [2.05, 4.69) is 5.32 Å². The highest BCUT2D eigenvalue weighted by molar-refractivity contribution is 5.92. The molecular weight excluding hydrogens is 316 g/mol. The first-order valence-corrected chi connectivity index (χ1v) is 8.35. The molecule has 0 atom stereocenters. The number of nitrogens with one attached hydrogen (secondary N) is 1.